The summed E-state index contributed by atoms with van der Waals surface area (Å²) in [6.07, 6.45) is 0.422. The van der Waals surface area contributed by atoms with Crippen LogP contribution in [0.15, 0.2) is 36.4 Å². The van der Waals surface area contributed by atoms with Crippen LogP contribution < -0.4 is 10.6 Å². The van der Waals surface area contributed by atoms with Gasteiger partial charge in [-0.3, -0.25) is 4.79 Å². The van der Waals surface area contributed by atoms with Crippen molar-refractivity contribution in [3.05, 3.63) is 42.0 Å². The molecule has 0 aliphatic rings. The maximum atomic E-state index is 11.2. The lowest BCUT2D eigenvalue weighted by Crippen LogP contribution is -2.11. The van der Waals surface area contributed by atoms with E-state index in [4.69, 9.17) is 0 Å². The Morgan fingerprint density at radius 2 is 1.79 bits per heavy atom. The first kappa shape index (κ1) is 13.0. The van der Waals surface area contributed by atoms with E-state index < -0.39 is 0 Å². The van der Waals surface area contributed by atoms with E-state index in [-0.39, 0.29) is 5.91 Å². The lowest BCUT2D eigenvalue weighted by Gasteiger charge is -2.08. The Morgan fingerprint density at radius 3 is 2.42 bits per heavy atom. The maximum absolute atomic E-state index is 11.2. The normalized spacial score (nSPS) is 10.0. The lowest BCUT2D eigenvalue weighted by atomic mass is 10.2. The molecule has 0 bridgehead atoms. The van der Waals surface area contributed by atoms with Crippen molar-refractivity contribution >= 4 is 23.2 Å². The quantitative estimate of drug-likeness (QED) is 0.882. The molecule has 0 radical (unpaired) electrons. The number of nitrogens with zero attached hydrogens (tertiary/aromatic N) is 2. The zero-order valence-electron chi connectivity index (χ0n) is 11.0. The molecule has 0 aliphatic carbocycles. The molecule has 2 aromatic rings. The van der Waals surface area contributed by atoms with Crippen LogP contribution in [0.2, 0.25) is 0 Å². The van der Waals surface area contributed by atoms with E-state index in [1.807, 2.05) is 31.2 Å². The number of nitrogens with one attached hydrogen (secondary N) is 2. The van der Waals surface area contributed by atoms with Gasteiger partial charge in [-0.2, -0.15) is 0 Å². The monoisotopic (exact) mass is 256 g/mol. The van der Waals surface area contributed by atoms with Crippen molar-refractivity contribution in [1.29, 1.82) is 0 Å². The highest BCUT2D eigenvalue weighted by Crippen LogP contribution is 2.18. The number of hydrogen-bond acceptors (Lipinski definition) is 4. The molecule has 0 spiro atoms. The van der Waals surface area contributed by atoms with Crippen LogP contribution in [0, 0.1) is 6.92 Å². The third-order valence-electron chi connectivity index (χ3n) is 2.66. The SMILES string of the molecule is CCC(=O)Nc1ccc(Nc2ccccc2C)nn1. The minimum Gasteiger partial charge on any atom is -0.339 e. The largest absolute Gasteiger partial charge is 0.339 e. The number of hydrogen-bond donors (Lipinski definition) is 2. The van der Waals surface area contributed by atoms with E-state index in [0.717, 1.165) is 11.3 Å². The summed E-state index contributed by atoms with van der Waals surface area (Å²) in [7, 11) is 0. The second-order valence-corrected chi connectivity index (χ2v) is 4.15. The van der Waals surface area contributed by atoms with Crippen LogP contribution in [-0.2, 0) is 4.79 Å². The van der Waals surface area contributed by atoms with Crippen molar-refractivity contribution in [2.75, 3.05) is 10.6 Å². The molecule has 0 saturated carbocycles. The number of rotatable bonds is 4. The van der Waals surface area contributed by atoms with E-state index >= 15 is 0 Å². The molecule has 5 nitrogen and oxygen atoms in total. The number of para-hydroxylation sites is 1. The number of amides is 1. The van der Waals surface area contributed by atoms with Crippen LogP contribution in [0.5, 0.6) is 0 Å². The fraction of sp³-hybridized carbons (Fsp3) is 0.214. The molecule has 98 valence electrons. The Hall–Kier alpha value is -2.43. The number of aromatic nitrogens is 2. The highest BCUT2D eigenvalue weighted by atomic mass is 16.1. The summed E-state index contributed by atoms with van der Waals surface area (Å²) in [5, 5.41) is 13.8. The molecule has 1 aromatic heterocycles. The molecule has 0 saturated heterocycles. The van der Waals surface area contributed by atoms with Gasteiger partial charge in [0.15, 0.2) is 11.6 Å². The van der Waals surface area contributed by atoms with Gasteiger partial charge in [-0.15, -0.1) is 10.2 Å². The summed E-state index contributed by atoms with van der Waals surface area (Å²) < 4.78 is 0. The van der Waals surface area contributed by atoms with Gasteiger partial charge in [0.05, 0.1) is 0 Å². The zero-order chi connectivity index (χ0) is 13.7. The van der Waals surface area contributed by atoms with Crippen LogP contribution in [0.4, 0.5) is 17.3 Å². The summed E-state index contributed by atoms with van der Waals surface area (Å²) >= 11 is 0. The smallest absolute Gasteiger partial charge is 0.225 e. The van der Waals surface area contributed by atoms with Gasteiger partial charge in [0.2, 0.25) is 5.91 Å². The van der Waals surface area contributed by atoms with Crippen LogP contribution in [-0.4, -0.2) is 16.1 Å². The van der Waals surface area contributed by atoms with Gasteiger partial charge in [0.25, 0.3) is 0 Å². The first-order chi connectivity index (χ1) is 9.19. The summed E-state index contributed by atoms with van der Waals surface area (Å²) in [4.78, 5) is 11.2. The second kappa shape index (κ2) is 5.95. The molecule has 19 heavy (non-hydrogen) atoms. The van der Waals surface area contributed by atoms with Crippen molar-refractivity contribution < 1.29 is 4.79 Å². The molecule has 0 aliphatic heterocycles. The van der Waals surface area contributed by atoms with Crippen LogP contribution >= 0.6 is 0 Å². The van der Waals surface area contributed by atoms with Gasteiger partial charge >= 0.3 is 0 Å². The number of carbonyl (C=O) groups excluding carboxylic acids is 1. The standard InChI is InChI=1S/C14H16N4O/c1-3-14(19)16-13-9-8-12(17-18-13)15-11-7-5-4-6-10(11)2/h4-9H,3H2,1-2H3,(H,15,17)(H,16,18,19). The fourth-order valence-electron chi connectivity index (χ4n) is 1.55. The van der Waals surface area contributed by atoms with Gasteiger partial charge < -0.3 is 10.6 Å². The van der Waals surface area contributed by atoms with E-state index in [9.17, 15) is 4.79 Å². The predicted molar refractivity (Wildman–Crippen MR) is 75.4 cm³/mol. The Balaban J connectivity index is 2.07. The third kappa shape index (κ3) is 3.51. The van der Waals surface area contributed by atoms with Crippen molar-refractivity contribution in [3.63, 3.8) is 0 Å². The van der Waals surface area contributed by atoms with Gasteiger partial charge in [-0.25, -0.2) is 0 Å². The minimum atomic E-state index is -0.0751. The fourth-order valence-corrected chi connectivity index (χ4v) is 1.55. The van der Waals surface area contributed by atoms with Crippen molar-refractivity contribution in [2.45, 2.75) is 20.3 Å². The van der Waals surface area contributed by atoms with Gasteiger partial charge in [-0.05, 0) is 30.7 Å². The first-order valence-electron chi connectivity index (χ1n) is 6.15. The first-order valence-corrected chi connectivity index (χ1v) is 6.15. The van der Waals surface area contributed by atoms with Gasteiger partial charge in [0, 0.05) is 12.1 Å². The number of anilines is 3. The zero-order valence-corrected chi connectivity index (χ0v) is 11.0. The summed E-state index contributed by atoms with van der Waals surface area (Å²) in [6.45, 7) is 3.81. The highest BCUT2D eigenvalue weighted by molar-refractivity contribution is 5.89. The molecule has 2 rings (SSSR count). The Kier molecular flexibility index (Phi) is 4.07. The second-order valence-electron chi connectivity index (χ2n) is 4.15. The van der Waals surface area contributed by atoms with Crippen LogP contribution in [0.1, 0.15) is 18.9 Å². The molecule has 1 amide bonds. The number of benzene rings is 1. The molecular formula is C14H16N4O. The van der Waals surface area contributed by atoms with Gasteiger partial charge in [0.1, 0.15) is 0 Å². The minimum absolute atomic E-state index is 0.0751. The predicted octanol–water partition coefficient (Wildman–Crippen LogP) is 2.88. The number of carbonyl (C=O) groups is 1. The van der Waals surface area contributed by atoms with Crippen LogP contribution in [0.25, 0.3) is 0 Å². The van der Waals surface area contributed by atoms with E-state index in [2.05, 4.69) is 20.8 Å². The molecular weight excluding hydrogens is 240 g/mol. The van der Waals surface area contributed by atoms with Gasteiger partial charge in [-0.1, -0.05) is 25.1 Å². The molecule has 0 atom stereocenters. The molecule has 0 unspecified atom stereocenters. The van der Waals surface area contributed by atoms with Crippen LogP contribution in [0.3, 0.4) is 0 Å². The van der Waals surface area contributed by atoms with Crippen molar-refractivity contribution in [2.24, 2.45) is 0 Å². The molecule has 1 heterocycles. The van der Waals surface area contributed by atoms with Crippen molar-refractivity contribution in [3.8, 4) is 0 Å². The van der Waals surface area contributed by atoms with E-state index in [1.165, 1.54) is 0 Å². The lowest BCUT2D eigenvalue weighted by molar-refractivity contribution is -0.115. The van der Waals surface area contributed by atoms with Crippen molar-refractivity contribution in [1.82, 2.24) is 10.2 Å². The summed E-state index contributed by atoms with van der Waals surface area (Å²) in [5.41, 5.74) is 2.12. The van der Waals surface area contributed by atoms with E-state index in [0.29, 0.717) is 18.1 Å². The molecule has 2 N–H and O–H groups in total. The average Bonchev–Trinajstić information content (AvgIpc) is 2.43. The average molecular weight is 256 g/mol. The summed E-state index contributed by atoms with van der Waals surface area (Å²) in [6, 6.07) is 11.4. The van der Waals surface area contributed by atoms with E-state index in [1.54, 1.807) is 19.1 Å². The molecule has 1 aromatic carbocycles. The molecule has 5 heteroatoms. The Bertz CT molecular complexity index is 566. The Morgan fingerprint density at radius 1 is 1.11 bits per heavy atom. The number of aryl methyl sites for hydroxylation is 1. The Labute approximate surface area is 112 Å². The molecule has 0 fully saturated rings. The highest BCUT2D eigenvalue weighted by Gasteiger charge is 2.02. The third-order valence-corrected chi connectivity index (χ3v) is 2.66. The maximum Gasteiger partial charge on any atom is 0.225 e. The topological polar surface area (TPSA) is 66.9 Å². The summed E-state index contributed by atoms with van der Waals surface area (Å²) in [5.74, 6) is 1.03.